The quantitative estimate of drug-likeness (QED) is 0.650. The number of nitrogens with zero attached hydrogens (tertiary/aromatic N) is 3. The summed E-state index contributed by atoms with van der Waals surface area (Å²) in [6.07, 6.45) is 5.69. The van der Waals surface area contributed by atoms with Gasteiger partial charge in [0, 0.05) is 36.3 Å². The van der Waals surface area contributed by atoms with E-state index >= 15 is 0 Å². The number of piperidine rings is 1. The van der Waals surface area contributed by atoms with Crippen molar-refractivity contribution < 1.29 is 0 Å². The fraction of sp³-hybridized carbons (Fsp3) is 0.273. The van der Waals surface area contributed by atoms with Gasteiger partial charge >= 0.3 is 0 Å². The van der Waals surface area contributed by atoms with E-state index in [2.05, 4.69) is 68.8 Å². The molecule has 2 N–H and O–H groups in total. The average Bonchev–Trinajstić information content (AvgIpc) is 2.70. The highest BCUT2D eigenvalue weighted by atomic mass is 15.1. The van der Waals surface area contributed by atoms with Gasteiger partial charge in [0.25, 0.3) is 0 Å². The number of benzene rings is 2. The molecule has 1 aromatic heterocycles. The Morgan fingerprint density at radius 1 is 0.852 bits per heavy atom. The van der Waals surface area contributed by atoms with Crippen molar-refractivity contribution in [3.05, 3.63) is 66.4 Å². The fourth-order valence-electron chi connectivity index (χ4n) is 3.40. The van der Waals surface area contributed by atoms with Crippen molar-refractivity contribution >= 4 is 28.8 Å². The van der Waals surface area contributed by atoms with Crippen molar-refractivity contribution in [2.45, 2.75) is 26.2 Å². The maximum Gasteiger partial charge on any atom is 0.229 e. The molecule has 0 spiro atoms. The van der Waals surface area contributed by atoms with Gasteiger partial charge in [0.05, 0.1) is 0 Å². The Bertz CT molecular complexity index is 885. The van der Waals surface area contributed by atoms with E-state index in [1.807, 2.05) is 18.2 Å². The van der Waals surface area contributed by atoms with E-state index < -0.39 is 0 Å². The third-order valence-corrected chi connectivity index (χ3v) is 4.79. The maximum absolute atomic E-state index is 4.56. The lowest BCUT2D eigenvalue weighted by molar-refractivity contribution is 0.578. The summed E-state index contributed by atoms with van der Waals surface area (Å²) < 4.78 is 0. The van der Waals surface area contributed by atoms with Crippen LogP contribution in [0.2, 0.25) is 0 Å². The van der Waals surface area contributed by atoms with Gasteiger partial charge in [-0.3, -0.25) is 0 Å². The molecule has 2 aromatic carbocycles. The summed E-state index contributed by atoms with van der Waals surface area (Å²) in [5, 5.41) is 6.62. The molecule has 1 fully saturated rings. The van der Waals surface area contributed by atoms with Crippen molar-refractivity contribution in [2.75, 3.05) is 28.6 Å². The van der Waals surface area contributed by atoms with Crippen LogP contribution in [0.3, 0.4) is 0 Å². The van der Waals surface area contributed by atoms with Gasteiger partial charge < -0.3 is 15.5 Å². The van der Waals surface area contributed by atoms with E-state index in [1.54, 1.807) is 6.20 Å². The van der Waals surface area contributed by atoms with Crippen molar-refractivity contribution in [3.8, 4) is 0 Å². The summed E-state index contributed by atoms with van der Waals surface area (Å²) in [4.78, 5) is 11.3. The molecule has 1 aliphatic rings. The van der Waals surface area contributed by atoms with Gasteiger partial charge in [-0.15, -0.1) is 0 Å². The van der Waals surface area contributed by atoms with Crippen LogP contribution < -0.4 is 15.5 Å². The lowest BCUT2D eigenvalue weighted by Crippen LogP contribution is -2.29. The highest BCUT2D eigenvalue weighted by Crippen LogP contribution is 2.23. The minimum atomic E-state index is 0.579. The molecule has 2 heterocycles. The lowest BCUT2D eigenvalue weighted by atomic mass is 10.1. The normalized spacial score (nSPS) is 14.0. The largest absolute Gasteiger partial charge is 0.372 e. The monoisotopic (exact) mass is 359 g/mol. The molecule has 5 heteroatoms. The van der Waals surface area contributed by atoms with Crippen LogP contribution in [0.25, 0.3) is 0 Å². The summed E-state index contributed by atoms with van der Waals surface area (Å²) in [5.41, 5.74) is 4.50. The van der Waals surface area contributed by atoms with Crippen molar-refractivity contribution in [1.29, 1.82) is 0 Å². The van der Waals surface area contributed by atoms with E-state index in [9.17, 15) is 0 Å². The minimum absolute atomic E-state index is 0.579. The zero-order valence-corrected chi connectivity index (χ0v) is 15.7. The highest BCUT2D eigenvalue weighted by Gasteiger charge is 2.10. The predicted molar refractivity (Wildman–Crippen MR) is 112 cm³/mol. The number of anilines is 5. The van der Waals surface area contributed by atoms with Crippen LogP contribution in [-0.2, 0) is 0 Å². The number of rotatable bonds is 5. The fourth-order valence-corrected chi connectivity index (χ4v) is 3.40. The smallest absolute Gasteiger partial charge is 0.229 e. The van der Waals surface area contributed by atoms with Crippen molar-refractivity contribution in [1.82, 2.24) is 9.97 Å². The van der Waals surface area contributed by atoms with E-state index in [-0.39, 0.29) is 0 Å². The number of aryl methyl sites for hydroxylation is 1. The van der Waals surface area contributed by atoms with Crippen LogP contribution in [0.15, 0.2) is 60.8 Å². The molecule has 3 aromatic rings. The summed E-state index contributed by atoms with van der Waals surface area (Å²) in [7, 11) is 0. The van der Waals surface area contributed by atoms with Crippen molar-refractivity contribution in [2.24, 2.45) is 0 Å². The number of aromatic nitrogens is 2. The summed E-state index contributed by atoms with van der Waals surface area (Å²) >= 11 is 0. The molecule has 1 aliphatic heterocycles. The molecule has 0 radical (unpaired) electrons. The van der Waals surface area contributed by atoms with Crippen LogP contribution in [0.5, 0.6) is 0 Å². The molecule has 0 unspecified atom stereocenters. The van der Waals surface area contributed by atoms with Crippen LogP contribution in [0.1, 0.15) is 24.8 Å². The third-order valence-electron chi connectivity index (χ3n) is 4.79. The molecular weight excluding hydrogens is 334 g/mol. The second kappa shape index (κ2) is 8.08. The van der Waals surface area contributed by atoms with Crippen molar-refractivity contribution in [3.63, 3.8) is 0 Å². The first-order valence-corrected chi connectivity index (χ1v) is 9.55. The van der Waals surface area contributed by atoms with Crippen LogP contribution in [0, 0.1) is 6.92 Å². The molecule has 27 heavy (non-hydrogen) atoms. The predicted octanol–water partition coefficient (Wildman–Crippen LogP) is 5.26. The van der Waals surface area contributed by atoms with Gasteiger partial charge in [-0.25, -0.2) is 4.98 Å². The molecule has 5 nitrogen and oxygen atoms in total. The average molecular weight is 359 g/mol. The SMILES string of the molecule is Cc1cccc(Nc2nccc(Nc3ccc(N4CCCCC4)cc3)n2)c1. The van der Waals surface area contributed by atoms with Gasteiger partial charge in [0.15, 0.2) is 0 Å². The molecule has 0 atom stereocenters. The van der Waals surface area contributed by atoms with Crippen LogP contribution >= 0.6 is 0 Å². The number of nitrogens with one attached hydrogen (secondary N) is 2. The molecule has 138 valence electrons. The highest BCUT2D eigenvalue weighted by molar-refractivity contribution is 5.62. The Labute approximate surface area is 160 Å². The Hall–Kier alpha value is -3.08. The zero-order chi connectivity index (χ0) is 18.5. The maximum atomic E-state index is 4.56. The first kappa shape index (κ1) is 17.3. The van der Waals surface area contributed by atoms with Gasteiger partial charge in [-0.05, 0) is 74.2 Å². The third kappa shape index (κ3) is 4.56. The molecule has 1 saturated heterocycles. The zero-order valence-electron chi connectivity index (χ0n) is 15.7. The van der Waals surface area contributed by atoms with E-state index in [1.165, 1.54) is 30.5 Å². The lowest BCUT2D eigenvalue weighted by Gasteiger charge is -2.28. The van der Waals surface area contributed by atoms with Gasteiger partial charge in [-0.2, -0.15) is 4.98 Å². The number of hydrogen-bond donors (Lipinski definition) is 2. The molecule has 4 rings (SSSR count). The second-order valence-electron chi connectivity index (χ2n) is 6.98. The van der Waals surface area contributed by atoms with Crippen LogP contribution in [0.4, 0.5) is 28.8 Å². The van der Waals surface area contributed by atoms with Gasteiger partial charge in [-0.1, -0.05) is 12.1 Å². The van der Waals surface area contributed by atoms with Gasteiger partial charge in [0.1, 0.15) is 5.82 Å². The molecular formula is C22H25N5. The van der Waals surface area contributed by atoms with Crippen LogP contribution in [-0.4, -0.2) is 23.1 Å². The van der Waals surface area contributed by atoms with E-state index in [0.717, 1.165) is 30.3 Å². The minimum Gasteiger partial charge on any atom is -0.372 e. The molecule has 0 saturated carbocycles. The second-order valence-corrected chi connectivity index (χ2v) is 6.98. The Kier molecular flexibility index (Phi) is 5.19. The first-order chi connectivity index (χ1) is 13.3. The summed E-state index contributed by atoms with van der Waals surface area (Å²) in [6.45, 7) is 4.39. The molecule has 0 bridgehead atoms. The topological polar surface area (TPSA) is 53.1 Å². The molecule has 0 amide bonds. The van der Waals surface area contributed by atoms with E-state index in [4.69, 9.17) is 0 Å². The summed E-state index contributed by atoms with van der Waals surface area (Å²) in [6, 6.07) is 18.6. The summed E-state index contributed by atoms with van der Waals surface area (Å²) in [5.74, 6) is 1.35. The van der Waals surface area contributed by atoms with E-state index in [0.29, 0.717) is 5.95 Å². The Balaban J connectivity index is 1.43. The Morgan fingerprint density at radius 3 is 2.44 bits per heavy atom. The molecule has 0 aliphatic carbocycles. The Morgan fingerprint density at radius 2 is 1.67 bits per heavy atom. The number of hydrogen-bond acceptors (Lipinski definition) is 5. The van der Waals surface area contributed by atoms with Gasteiger partial charge in [0.2, 0.25) is 5.95 Å². The first-order valence-electron chi connectivity index (χ1n) is 9.55. The standard InChI is InChI=1S/C22H25N5/c1-17-6-5-7-19(16-17)25-22-23-13-12-21(26-22)24-18-8-10-20(11-9-18)27-14-3-2-4-15-27/h5-13,16H,2-4,14-15H2,1H3,(H2,23,24,25,26).